The van der Waals surface area contributed by atoms with Crippen LogP contribution in [0, 0.1) is 0 Å². The van der Waals surface area contributed by atoms with Crippen molar-refractivity contribution in [2.45, 2.75) is 25.7 Å². The van der Waals surface area contributed by atoms with E-state index >= 15 is 0 Å². The van der Waals surface area contributed by atoms with Crippen molar-refractivity contribution in [3.05, 3.63) is 85.0 Å². The average Bonchev–Trinajstić information content (AvgIpc) is 3.24. The number of nitrogens with zero attached hydrogens (tertiary/aromatic N) is 1. The summed E-state index contributed by atoms with van der Waals surface area (Å²) in [5.41, 5.74) is 1.69. The van der Waals surface area contributed by atoms with Crippen molar-refractivity contribution in [3.8, 4) is 0 Å². The Morgan fingerprint density at radius 1 is 0.909 bits per heavy atom. The number of carboxylic acid groups (broad SMARTS) is 1. The highest BCUT2D eigenvalue weighted by Gasteiger charge is 2.15. The SMILES string of the molecule is O=C(O)c1ccc(CCCN(CCCc2cccc(Cl)c2)C(=O)Nc2ccc(Cl)c(Cl)c2)s1. The van der Waals surface area contributed by atoms with Crippen molar-refractivity contribution in [1.29, 1.82) is 0 Å². The van der Waals surface area contributed by atoms with Gasteiger partial charge in [-0.2, -0.15) is 0 Å². The van der Waals surface area contributed by atoms with Crippen molar-refractivity contribution < 1.29 is 14.7 Å². The number of urea groups is 1. The molecule has 2 amide bonds. The molecular formula is C24H23Cl3N2O3S. The van der Waals surface area contributed by atoms with Gasteiger partial charge in [-0.15, -0.1) is 11.3 Å². The number of carboxylic acids is 1. The molecule has 3 aromatic rings. The number of amides is 2. The Bertz CT molecular complexity index is 1120. The molecule has 0 spiro atoms. The minimum atomic E-state index is -0.921. The number of carbonyl (C=O) groups excluding carboxylic acids is 1. The molecule has 1 heterocycles. The molecule has 5 nitrogen and oxygen atoms in total. The lowest BCUT2D eigenvalue weighted by Crippen LogP contribution is -2.37. The molecule has 0 unspecified atom stereocenters. The minimum Gasteiger partial charge on any atom is -0.477 e. The minimum absolute atomic E-state index is 0.225. The first-order valence-corrected chi connectivity index (χ1v) is 12.3. The number of hydrogen-bond donors (Lipinski definition) is 2. The number of thiophene rings is 1. The first-order chi connectivity index (χ1) is 15.8. The highest BCUT2D eigenvalue weighted by atomic mass is 35.5. The Kier molecular flexibility index (Phi) is 9.44. The van der Waals surface area contributed by atoms with Crippen LogP contribution in [0.4, 0.5) is 10.5 Å². The van der Waals surface area contributed by atoms with Crippen molar-refractivity contribution in [3.63, 3.8) is 0 Å². The van der Waals surface area contributed by atoms with Gasteiger partial charge in [0.15, 0.2) is 0 Å². The van der Waals surface area contributed by atoms with E-state index in [4.69, 9.17) is 39.9 Å². The van der Waals surface area contributed by atoms with Gasteiger partial charge >= 0.3 is 12.0 Å². The smallest absolute Gasteiger partial charge is 0.345 e. The predicted molar refractivity (Wildman–Crippen MR) is 136 cm³/mol. The van der Waals surface area contributed by atoms with Gasteiger partial charge in [-0.05, 0) is 73.7 Å². The maximum Gasteiger partial charge on any atom is 0.345 e. The van der Waals surface area contributed by atoms with Crippen molar-refractivity contribution in [1.82, 2.24) is 4.90 Å². The van der Waals surface area contributed by atoms with E-state index in [1.54, 1.807) is 29.2 Å². The van der Waals surface area contributed by atoms with Gasteiger partial charge in [0.05, 0.1) is 10.0 Å². The Morgan fingerprint density at radius 3 is 2.33 bits per heavy atom. The molecule has 1 aromatic heterocycles. The Balaban J connectivity index is 1.61. The van der Waals surface area contributed by atoms with Crippen LogP contribution >= 0.6 is 46.1 Å². The van der Waals surface area contributed by atoms with Gasteiger partial charge in [0.25, 0.3) is 0 Å². The quantitative estimate of drug-likeness (QED) is 0.288. The van der Waals surface area contributed by atoms with Gasteiger partial charge in [0, 0.05) is 28.7 Å². The van der Waals surface area contributed by atoms with Crippen LogP contribution in [-0.4, -0.2) is 35.1 Å². The number of nitrogens with one attached hydrogen (secondary N) is 1. The summed E-state index contributed by atoms with van der Waals surface area (Å²) < 4.78 is 0. The lowest BCUT2D eigenvalue weighted by atomic mass is 10.1. The Hall–Kier alpha value is -2.25. The number of benzene rings is 2. The monoisotopic (exact) mass is 524 g/mol. The fourth-order valence-electron chi connectivity index (χ4n) is 3.33. The maximum atomic E-state index is 13.0. The number of rotatable bonds is 10. The summed E-state index contributed by atoms with van der Waals surface area (Å²) in [5.74, 6) is -0.921. The number of aryl methyl sites for hydroxylation is 2. The van der Waals surface area contributed by atoms with Crippen molar-refractivity contribution >= 4 is 63.8 Å². The molecule has 0 atom stereocenters. The molecule has 0 aliphatic rings. The summed E-state index contributed by atoms with van der Waals surface area (Å²) in [4.78, 5) is 27.1. The van der Waals surface area contributed by atoms with E-state index in [-0.39, 0.29) is 6.03 Å². The van der Waals surface area contributed by atoms with Gasteiger partial charge in [-0.1, -0.05) is 46.9 Å². The molecule has 33 heavy (non-hydrogen) atoms. The summed E-state index contributed by atoms with van der Waals surface area (Å²) >= 11 is 19.4. The second kappa shape index (κ2) is 12.3. The van der Waals surface area contributed by atoms with Crippen LogP contribution in [0.5, 0.6) is 0 Å². The summed E-state index contributed by atoms with van der Waals surface area (Å²) in [6.45, 7) is 1.09. The van der Waals surface area contributed by atoms with Crippen molar-refractivity contribution in [2.75, 3.05) is 18.4 Å². The average molecular weight is 526 g/mol. The molecule has 3 rings (SSSR count). The van der Waals surface area contributed by atoms with Crippen LogP contribution < -0.4 is 5.32 Å². The number of aromatic carboxylic acids is 1. The van der Waals surface area contributed by atoms with Crippen LogP contribution in [0.15, 0.2) is 54.6 Å². The van der Waals surface area contributed by atoms with Gasteiger partial charge in [-0.3, -0.25) is 0 Å². The molecule has 2 aromatic carbocycles. The normalized spacial score (nSPS) is 10.8. The second-order valence-electron chi connectivity index (χ2n) is 7.45. The first kappa shape index (κ1) is 25.4. The third-order valence-electron chi connectivity index (χ3n) is 4.96. The fraction of sp³-hybridized carbons (Fsp3) is 0.250. The molecule has 0 fully saturated rings. The lowest BCUT2D eigenvalue weighted by Gasteiger charge is -2.23. The molecule has 9 heteroatoms. The molecule has 174 valence electrons. The molecule has 0 bridgehead atoms. The molecule has 0 saturated carbocycles. The van der Waals surface area contributed by atoms with Gasteiger partial charge < -0.3 is 15.3 Å². The van der Waals surface area contributed by atoms with Gasteiger partial charge in [0.2, 0.25) is 0 Å². The number of halogens is 3. The Morgan fingerprint density at radius 2 is 1.67 bits per heavy atom. The molecule has 0 saturated heterocycles. The van der Waals surface area contributed by atoms with Gasteiger partial charge in [0.1, 0.15) is 4.88 Å². The van der Waals surface area contributed by atoms with Crippen LogP contribution in [0.3, 0.4) is 0 Å². The lowest BCUT2D eigenvalue weighted by molar-refractivity contribution is 0.0702. The largest absolute Gasteiger partial charge is 0.477 e. The third kappa shape index (κ3) is 7.93. The van der Waals surface area contributed by atoms with Crippen LogP contribution in [0.25, 0.3) is 0 Å². The third-order valence-corrected chi connectivity index (χ3v) is 7.07. The molecular weight excluding hydrogens is 503 g/mol. The summed E-state index contributed by atoms with van der Waals surface area (Å²) in [7, 11) is 0. The van der Waals surface area contributed by atoms with Crippen LogP contribution in [-0.2, 0) is 12.8 Å². The predicted octanol–water partition coefficient (Wildman–Crippen LogP) is 7.51. The van der Waals surface area contributed by atoms with Crippen molar-refractivity contribution in [2.24, 2.45) is 0 Å². The van der Waals surface area contributed by atoms with E-state index in [9.17, 15) is 9.59 Å². The summed E-state index contributed by atoms with van der Waals surface area (Å²) in [6, 6.07) is 15.9. The van der Waals surface area contributed by atoms with E-state index in [2.05, 4.69) is 5.32 Å². The van der Waals surface area contributed by atoms with E-state index in [1.165, 1.54) is 11.3 Å². The zero-order chi connectivity index (χ0) is 23.8. The highest BCUT2D eigenvalue weighted by molar-refractivity contribution is 7.13. The number of anilines is 1. The molecule has 2 N–H and O–H groups in total. The molecule has 0 radical (unpaired) electrons. The van der Waals surface area contributed by atoms with Gasteiger partial charge in [-0.25, -0.2) is 9.59 Å². The Labute approximate surface area is 211 Å². The van der Waals surface area contributed by atoms with E-state index in [1.807, 2.05) is 30.3 Å². The number of hydrogen-bond acceptors (Lipinski definition) is 3. The van der Waals surface area contributed by atoms with Crippen LogP contribution in [0.2, 0.25) is 15.1 Å². The topological polar surface area (TPSA) is 69.6 Å². The maximum absolute atomic E-state index is 13.0. The highest BCUT2D eigenvalue weighted by Crippen LogP contribution is 2.25. The molecule has 0 aliphatic carbocycles. The second-order valence-corrected chi connectivity index (χ2v) is 9.87. The standard InChI is InChI=1S/C24H23Cl3N2O3S/c25-17-6-1-4-16(14-17)5-2-12-29(13-3-7-19-9-11-22(33-19)23(30)31)24(32)28-18-8-10-20(26)21(27)15-18/h1,4,6,8-11,14-15H,2-3,5,7,12-13H2,(H,28,32)(H,30,31). The van der Waals surface area contributed by atoms with E-state index in [0.717, 1.165) is 23.3 Å². The molecule has 0 aliphatic heterocycles. The van der Waals surface area contributed by atoms with E-state index < -0.39 is 5.97 Å². The number of carbonyl (C=O) groups is 2. The first-order valence-electron chi connectivity index (χ1n) is 10.4. The zero-order valence-corrected chi connectivity index (χ0v) is 20.8. The van der Waals surface area contributed by atoms with E-state index in [0.29, 0.717) is 51.6 Å². The van der Waals surface area contributed by atoms with Crippen LogP contribution in [0.1, 0.15) is 33.0 Å². The fourth-order valence-corrected chi connectivity index (χ4v) is 4.73. The summed E-state index contributed by atoms with van der Waals surface area (Å²) in [6.07, 6.45) is 2.98. The zero-order valence-electron chi connectivity index (χ0n) is 17.7. The summed E-state index contributed by atoms with van der Waals surface area (Å²) in [5, 5.41) is 13.5.